The van der Waals surface area contributed by atoms with Gasteiger partial charge in [-0.1, -0.05) is 78.0 Å². The second kappa shape index (κ2) is 26.9. The average Bonchev–Trinajstić information content (AvgIpc) is 3.85. The molecular formula is C55H85NO15. The van der Waals surface area contributed by atoms with Crippen molar-refractivity contribution in [2.24, 2.45) is 46.8 Å². The van der Waals surface area contributed by atoms with Crippen LogP contribution in [0, 0.1) is 46.8 Å². The number of amides is 1. The number of ketones is 3. The summed E-state index contributed by atoms with van der Waals surface area (Å²) in [5.41, 5.74) is -0.153. The predicted octanol–water partition coefficient (Wildman–Crippen LogP) is 5.95. The number of carbonyl (C=O) groups excluding carboxylic acids is 6. The Kier molecular flexibility index (Phi) is 22.6. The van der Waals surface area contributed by atoms with Crippen molar-refractivity contribution in [2.75, 3.05) is 34.0 Å². The second-order valence-electron chi connectivity index (χ2n) is 21.6. The molecule has 0 radical (unpaired) electrons. The van der Waals surface area contributed by atoms with Crippen LogP contribution in [0.2, 0.25) is 0 Å². The molecule has 3 heterocycles. The summed E-state index contributed by atoms with van der Waals surface area (Å²) in [4.78, 5) is 84.7. The van der Waals surface area contributed by atoms with Crippen molar-refractivity contribution in [1.82, 2.24) is 4.90 Å². The van der Waals surface area contributed by atoms with E-state index >= 15 is 0 Å². The molecule has 2 bridgehead atoms. The quantitative estimate of drug-likeness (QED) is 0.119. The van der Waals surface area contributed by atoms with Gasteiger partial charge in [0, 0.05) is 57.3 Å². The minimum Gasteiger partial charge on any atom is -0.460 e. The zero-order chi connectivity index (χ0) is 53.0. The molecule has 4 aliphatic rings. The third-order valence-corrected chi connectivity index (χ3v) is 15.8. The van der Waals surface area contributed by atoms with Gasteiger partial charge in [-0.05, 0) is 107 Å². The van der Waals surface area contributed by atoms with E-state index in [1.807, 2.05) is 58.1 Å². The molecule has 4 N–H and O–H groups in total. The standard InChI is InChI=1S/C55H85NO15/c1-32-16-13-12-14-17-33(2)45(67-10)28-41-21-19-38(7)55(66,71-41)50(62)51(63)56-23-15-18-42(56)52(64)69-46(29-43(59)34(3)25-37(6)49(61)39(8)48(60)36(5)24-32)35(4)26-40-20-22-44(47(27-40)68-11)70-53(65)54(9,30-57)31-58/h12-14,16-17,25,32,34-36,38-42,44-47,49,57-58,61,66H,15,18-24,26-31H2,1-11H3/b14-12+,16-13+,33-17+,37-25+/t32-,34-,35-,36-,38-,39+,40+,41+,42+,44-,45+,46+,47-,49-,55-/m1/s1. The summed E-state index contributed by atoms with van der Waals surface area (Å²) in [6, 6.07) is -1.18. The fourth-order valence-corrected chi connectivity index (χ4v) is 10.6. The molecule has 15 atom stereocenters. The van der Waals surface area contributed by atoms with E-state index in [1.165, 1.54) is 14.0 Å². The van der Waals surface area contributed by atoms with E-state index in [2.05, 4.69) is 0 Å². The third kappa shape index (κ3) is 15.3. The van der Waals surface area contributed by atoms with Gasteiger partial charge in [-0.3, -0.25) is 24.0 Å². The van der Waals surface area contributed by atoms with Crippen LogP contribution < -0.4 is 0 Å². The van der Waals surface area contributed by atoms with E-state index in [4.69, 9.17) is 23.7 Å². The summed E-state index contributed by atoms with van der Waals surface area (Å²) in [6.45, 7) is 14.6. The van der Waals surface area contributed by atoms with Gasteiger partial charge >= 0.3 is 11.9 Å². The molecule has 16 heteroatoms. The number of methoxy groups -OCH3 is 2. The SMILES string of the molecule is CO[C@H]1C[C@@H]2CC[C@@H](C)[C@@](O)(O2)C(=O)C(=O)N2CCC[C@H]2C(=O)O[C@H]([C@H](C)C[C@@H]2CC[C@@H](OC(=O)C(C)(CO)CO)[C@H](OC)C2)CC(=O)[C@H](C)/C=C(\C)[C@@H](O)[C@@H](C)C(=O)[C@H](C)C[C@H](C)/C=C/C=C/C=C/1C. The lowest BCUT2D eigenvalue weighted by atomic mass is 9.78. The predicted molar refractivity (Wildman–Crippen MR) is 265 cm³/mol. The van der Waals surface area contributed by atoms with Crippen LogP contribution in [0.25, 0.3) is 0 Å². The van der Waals surface area contributed by atoms with Gasteiger partial charge in [-0.15, -0.1) is 0 Å². The Morgan fingerprint density at radius 3 is 2.23 bits per heavy atom. The fourth-order valence-electron chi connectivity index (χ4n) is 10.6. The van der Waals surface area contributed by atoms with Crippen LogP contribution in [0.1, 0.15) is 133 Å². The highest BCUT2D eigenvalue weighted by atomic mass is 16.6. The molecule has 3 aliphatic heterocycles. The van der Waals surface area contributed by atoms with Crippen molar-refractivity contribution < 1.29 is 72.9 Å². The van der Waals surface area contributed by atoms with Crippen LogP contribution in [0.5, 0.6) is 0 Å². The molecule has 0 unspecified atom stereocenters. The van der Waals surface area contributed by atoms with Gasteiger partial charge in [0.15, 0.2) is 0 Å². The van der Waals surface area contributed by atoms with E-state index < -0.39 is 114 Å². The lowest BCUT2D eigenvalue weighted by molar-refractivity contribution is -0.265. The number of aliphatic hydroxyl groups is 4. The summed E-state index contributed by atoms with van der Waals surface area (Å²) in [6.07, 6.45) is 10.9. The number of hydrogen-bond acceptors (Lipinski definition) is 15. The molecule has 2 saturated heterocycles. The Bertz CT molecular complexity index is 1970. The average molecular weight is 1000 g/mol. The van der Waals surface area contributed by atoms with Crippen LogP contribution in [-0.2, 0) is 52.5 Å². The number of cyclic esters (lactones) is 1. The highest BCUT2D eigenvalue weighted by Crippen LogP contribution is 2.38. The Morgan fingerprint density at radius 1 is 0.887 bits per heavy atom. The molecule has 71 heavy (non-hydrogen) atoms. The Labute approximate surface area is 421 Å². The van der Waals surface area contributed by atoms with Gasteiger partial charge in [0.05, 0.1) is 37.6 Å². The normalized spacial score (nSPS) is 38.0. The summed E-state index contributed by atoms with van der Waals surface area (Å²) in [5.74, 6) is -9.57. The van der Waals surface area contributed by atoms with E-state index in [1.54, 1.807) is 40.9 Å². The van der Waals surface area contributed by atoms with Gasteiger partial charge in [0.2, 0.25) is 5.79 Å². The number of fused-ring (bicyclic) bond motifs is 3. The molecule has 400 valence electrons. The van der Waals surface area contributed by atoms with E-state index in [0.29, 0.717) is 63.4 Å². The fraction of sp³-hybridized carbons (Fsp3) is 0.745. The van der Waals surface area contributed by atoms with Crippen molar-refractivity contribution in [3.63, 3.8) is 0 Å². The highest BCUT2D eigenvalue weighted by molar-refractivity contribution is 6.39. The molecule has 0 aromatic carbocycles. The topological polar surface area (TPSA) is 233 Å². The number of ether oxygens (including phenoxy) is 5. The summed E-state index contributed by atoms with van der Waals surface area (Å²) < 4.78 is 29.7. The zero-order valence-corrected chi connectivity index (χ0v) is 44.2. The van der Waals surface area contributed by atoms with Crippen LogP contribution in [-0.4, -0.2) is 143 Å². The minimum atomic E-state index is -2.46. The number of allylic oxidation sites excluding steroid dienone is 6. The molecule has 0 aromatic rings. The maximum Gasteiger partial charge on any atom is 0.329 e. The molecule has 0 aromatic heterocycles. The molecule has 16 nitrogen and oxygen atoms in total. The first-order valence-electron chi connectivity index (χ1n) is 25.8. The first-order valence-corrected chi connectivity index (χ1v) is 25.8. The van der Waals surface area contributed by atoms with Crippen LogP contribution in [0.4, 0.5) is 0 Å². The van der Waals surface area contributed by atoms with E-state index in [-0.39, 0.29) is 48.7 Å². The van der Waals surface area contributed by atoms with Gasteiger partial charge in [-0.2, -0.15) is 0 Å². The number of esters is 2. The Balaban J connectivity index is 1.66. The zero-order valence-electron chi connectivity index (χ0n) is 44.2. The third-order valence-electron chi connectivity index (χ3n) is 15.8. The second-order valence-corrected chi connectivity index (χ2v) is 21.6. The number of aliphatic hydroxyl groups excluding tert-OH is 3. The monoisotopic (exact) mass is 1000 g/mol. The first kappa shape index (κ1) is 59.7. The lowest BCUT2D eigenvalue weighted by Crippen LogP contribution is -2.59. The Morgan fingerprint density at radius 2 is 1.58 bits per heavy atom. The lowest BCUT2D eigenvalue weighted by Gasteiger charge is -2.41. The maximum atomic E-state index is 14.4. The summed E-state index contributed by atoms with van der Waals surface area (Å²) >= 11 is 0. The van der Waals surface area contributed by atoms with E-state index in [9.17, 15) is 49.2 Å². The number of nitrogens with zero attached hydrogens (tertiary/aromatic N) is 1. The number of rotatable bonds is 9. The maximum absolute atomic E-state index is 14.4. The Hall–Kier alpha value is -3.90. The molecule has 1 saturated carbocycles. The van der Waals surface area contributed by atoms with Crippen molar-refractivity contribution in [1.29, 1.82) is 0 Å². The largest absolute Gasteiger partial charge is 0.460 e. The molecule has 4 rings (SSSR count). The number of Topliss-reactive ketones (excluding diaryl/α,β-unsaturated/α-hetero) is 3. The van der Waals surface area contributed by atoms with Gasteiger partial charge < -0.3 is 49.0 Å². The number of carbonyl (C=O) groups is 6. The van der Waals surface area contributed by atoms with Crippen LogP contribution in [0.15, 0.2) is 47.6 Å². The summed E-state index contributed by atoms with van der Waals surface area (Å²) in [7, 11) is 3.08. The number of hydrogen-bond donors (Lipinski definition) is 4. The van der Waals surface area contributed by atoms with Crippen molar-refractivity contribution in [2.45, 2.75) is 181 Å². The van der Waals surface area contributed by atoms with Crippen molar-refractivity contribution in [3.05, 3.63) is 47.6 Å². The van der Waals surface area contributed by atoms with E-state index in [0.717, 1.165) is 10.5 Å². The minimum absolute atomic E-state index is 0.0225. The molecule has 0 spiro atoms. The van der Waals surface area contributed by atoms with Crippen molar-refractivity contribution in [3.8, 4) is 0 Å². The molecular weight excluding hydrogens is 915 g/mol. The van der Waals surface area contributed by atoms with Crippen LogP contribution in [0.3, 0.4) is 0 Å². The van der Waals surface area contributed by atoms with Crippen LogP contribution >= 0.6 is 0 Å². The van der Waals surface area contributed by atoms with Gasteiger partial charge in [0.1, 0.15) is 35.2 Å². The van der Waals surface area contributed by atoms with Crippen molar-refractivity contribution >= 4 is 35.2 Å². The highest BCUT2D eigenvalue weighted by Gasteiger charge is 2.53. The van der Waals surface area contributed by atoms with Gasteiger partial charge in [-0.25, -0.2) is 4.79 Å². The van der Waals surface area contributed by atoms with Gasteiger partial charge in [0.25, 0.3) is 11.7 Å². The molecule has 1 aliphatic carbocycles. The molecule has 1 amide bonds. The molecule has 3 fully saturated rings. The first-order chi connectivity index (χ1) is 33.4. The summed E-state index contributed by atoms with van der Waals surface area (Å²) in [5, 5.41) is 42.9. The smallest absolute Gasteiger partial charge is 0.329 e.